The predicted octanol–water partition coefficient (Wildman–Crippen LogP) is 16.5. The van der Waals surface area contributed by atoms with Crippen LogP contribution in [0.4, 0.5) is 0 Å². The first kappa shape index (κ1) is 48.6. The molecule has 0 unspecified atom stereocenters. The Kier molecular flexibility index (Phi) is 29.0. The molecule has 306 valence electrons. The van der Waals surface area contributed by atoms with Crippen LogP contribution in [0, 0.1) is 0 Å². The summed E-state index contributed by atoms with van der Waals surface area (Å²) in [5.41, 5.74) is 2.13. The van der Waals surface area contributed by atoms with E-state index in [4.69, 9.17) is 12.2 Å². The van der Waals surface area contributed by atoms with Gasteiger partial charge in [0.2, 0.25) is 5.69 Å². The van der Waals surface area contributed by atoms with Gasteiger partial charge in [-0.2, -0.15) is 0 Å². The Morgan fingerprint density at radius 1 is 0.396 bits per heavy atom. The summed E-state index contributed by atoms with van der Waals surface area (Å²) in [6.07, 6.45) is 40.6. The first-order valence-corrected chi connectivity index (χ1v) is 27.6. The van der Waals surface area contributed by atoms with E-state index in [1.54, 1.807) is 0 Å². The third-order valence-electron chi connectivity index (χ3n) is 11.3. The number of benzene rings is 2. The van der Waals surface area contributed by atoms with E-state index in [0.29, 0.717) is 0 Å². The van der Waals surface area contributed by atoms with E-state index in [2.05, 4.69) is 64.1 Å². The minimum absolute atomic E-state index is 0.874. The molecule has 0 aliphatic rings. The summed E-state index contributed by atoms with van der Waals surface area (Å²) < 4.78 is 0. The van der Waals surface area contributed by atoms with Crippen LogP contribution in [-0.2, 0) is 35.8 Å². The molecule has 0 amide bonds. The molecule has 0 aliphatic heterocycles. The van der Waals surface area contributed by atoms with Crippen LogP contribution in [0.3, 0.4) is 0 Å². The van der Waals surface area contributed by atoms with Gasteiger partial charge in [0.1, 0.15) is 0 Å². The molecule has 0 saturated carbocycles. The first-order chi connectivity index (χ1) is 25.9. The maximum Gasteiger partial charge on any atom is 0.207 e. The summed E-state index contributed by atoms with van der Waals surface area (Å²) in [7, 11) is -0.874. The van der Waals surface area contributed by atoms with E-state index in [1.165, 1.54) is 212 Å². The Bertz CT molecular complexity index is 1160. The number of aryl methyl sites for hydroxylation is 2. The number of thiol groups is 1. The van der Waals surface area contributed by atoms with Gasteiger partial charge < -0.3 is 9.79 Å². The van der Waals surface area contributed by atoms with Crippen LogP contribution in [0.25, 0.3) is 0 Å². The summed E-state index contributed by atoms with van der Waals surface area (Å²) in [6.45, 7) is 9.16. The molecule has 5 heteroatoms. The Morgan fingerprint density at radius 3 is 0.943 bits per heavy atom. The molecule has 0 fully saturated rings. The topological polar surface area (TPSA) is 40.5 Å². The molecule has 2 N–H and O–H groups in total. The number of hydrogen-bond acceptors (Lipinski definition) is 0. The third kappa shape index (κ3) is 21.0. The summed E-state index contributed by atoms with van der Waals surface area (Å²) in [4.78, 5) is 25.9. The summed E-state index contributed by atoms with van der Waals surface area (Å²) in [6, 6.07) is 13.6. The molecular weight excluding hydrogens is 704 g/mol. The second kappa shape index (κ2) is 31.6. The molecular formula is C48H85O2PS2. The average Bonchev–Trinajstić information content (AvgIpc) is 3.14. The fraction of sp³-hybridized carbons (Fsp3) is 0.750. The molecule has 2 nitrogen and oxygen atoms in total. The zero-order valence-electron chi connectivity index (χ0n) is 35.3. The van der Waals surface area contributed by atoms with E-state index in [9.17, 15) is 9.79 Å². The van der Waals surface area contributed by atoms with Crippen molar-refractivity contribution in [3.05, 3.63) is 58.7 Å². The van der Waals surface area contributed by atoms with E-state index < -0.39 is 15.8 Å². The quantitative estimate of drug-likeness (QED) is 0.0375. The molecule has 0 heterocycles. The van der Waals surface area contributed by atoms with Crippen molar-refractivity contribution in [1.29, 1.82) is 0 Å². The van der Waals surface area contributed by atoms with Gasteiger partial charge in [-0.25, -0.2) is 0 Å². The van der Waals surface area contributed by atoms with Gasteiger partial charge in [0, 0.05) is 9.79 Å². The molecule has 2 aromatic carbocycles. The predicted molar refractivity (Wildman–Crippen MR) is 244 cm³/mol. The van der Waals surface area contributed by atoms with Crippen LogP contribution < -0.4 is 0 Å². The van der Waals surface area contributed by atoms with Gasteiger partial charge in [0.05, 0.1) is 0 Å². The Labute approximate surface area is 337 Å². The van der Waals surface area contributed by atoms with Crippen molar-refractivity contribution in [2.75, 3.05) is 0 Å². The molecule has 0 saturated heterocycles. The SMILES string of the molecule is CCCCCCCCCc1cccc(S(c2cccc(CCCCCCCCC)c2CCCCCCCCC)=P(O)(O)S)c1CCCCCCCCC. The molecule has 0 spiro atoms. The Morgan fingerprint density at radius 2 is 0.660 bits per heavy atom. The van der Waals surface area contributed by atoms with Crippen LogP contribution in [0.15, 0.2) is 46.2 Å². The fourth-order valence-electron chi connectivity index (χ4n) is 8.07. The minimum Gasteiger partial charge on any atom is -0.341 e. The first-order valence-electron chi connectivity index (χ1n) is 22.9. The molecule has 0 aliphatic carbocycles. The maximum absolute atomic E-state index is 11.8. The monoisotopic (exact) mass is 789 g/mol. The highest BCUT2D eigenvalue weighted by Crippen LogP contribution is 2.53. The molecule has 0 atom stereocenters. The Hall–Kier alpha value is -0.510. The van der Waals surface area contributed by atoms with Gasteiger partial charge in [0.15, 0.2) is 0 Å². The highest BCUT2D eigenvalue weighted by molar-refractivity contribution is 8.65. The van der Waals surface area contributed by atoms with Crippen molar-refractivity contribution in [2.45, 2.75) is 243 Å². The van der Waals surface area contributed by atoms with Crippen LogP contribution >= 0.6 is 17.9 Å². The molecule has 0 radical (unpaired) electrons. The number of rotatable bonds is 34. The van der Waals surface area contributed by atoms with Crippen LogP contribution in [0.1, 0.15) is 230 Å². The molecule has 0 aromatic heterocycles. The third-order valence-corrected chi connectivity index (χ3v) is 17.5. The standard InChI is InChI=1S/C48H85O2PS2/c1-5-9-13-17-21-25-29-35-43-37-33-41-47(45(43)39-31-27-23-19-15-11-7-3)53(51(49,50)52)48-42-34-38-44(36-30-26-22-18-14-10-6-2)46(48)40-32-28-24-20-16-12-8-4/h33-34,37-38,41-42,49-50,52H,5-32,35-36,39-40H2,1-4H3. The van der Waals surface area contributed by atoms with Crippen LogP contribution in [-0.4, -0.2) is 9.79 Å². The molecule has 0 bridgehead atoms. The lowest BCUT2D eigenvalue weighted by Gasteiger charge is -2.25. The van der Waals surface area contributed by atoms with Crippen LogP contribution in [0.5, 0.6) is 0 Å². The lowest BCUT2D eigenvalue weighted by Crippen LogP contribution is -2.08. The van der Waals surface area contributed by atoms with Crippen molar-refractivity contribution in [3.63, 3.8) is 0 Å². The lowest BCUT2D eigenvalue weighted by molar-refractivity contribution is 0.502. The van der Waals surface area contributed by atoms with Gasteiger partial charge in [-0.1, -0.05) is 228 Å². The second-order valence-electron chi connectivity index (χ2n) is 16.1. The fourth-order valence-corrected chi connectivity index (χ4v) is 14.4. The molecule has 2 rings (SSSR count). The second-order valence-corrected chi connectivity index (χ2v) is 23.7. The van der Waals surface area contributed by atoms with Crippen LogP contribution in [0.2, 0.25) is 0 Å². The van der Waals surface area contributed by atoms with E-state index in [1.807, 2.05) is 0 Å². The van der Waals surface area contributed by atoms with Crippen molar-refractivity contribution in [3.8, 4) is 0 Å². The highest BCUT2D eigenvalue weighted by Gasteiger charge is 2.24. The van der Waals surface area contributed by atoms with Crippen molar-refractivity contribution >= 4 is 28.0 Å². The maximum atomic E-state index is 11.8. The normalized spacial score (nSPS) is 12.0. The van der Waals surface area contributed by atoms with Crippen molar-refractivity contribution in [1.82, 2.24) is 0 Å². The number of unbranched alkanes of at least 4 members (excludes halogenated alkanes) is 24. The summed E-state index contributed by atoms with van der Waals surface area (Å²) in [5.74, 6) is 0. The number of hydrogen-bond donors (Lipinski definition) is 3. The zero-order valence-corrected chi connectivity index (χ0v) is 37.9. The smallest absolute Gasteiger partial charge is 0.207 e. The minimum atomic E-state index is -3.55. The molecule has 53 heavy (non-hydrogen) atoms. The summed E-state index contributed by atoms with van der Waals surface area (Å²) in [5, 5.41) is 0. The van der Waals surface area contributed by atoms with Crippen molar-refractivity contribution in [2.24, 2.45) is 0 Å². The lowest BCUT2D eigenvalue weighted by atomic mass is 9.96. The van der Waals surface area contributed by atoms with Crippen molar-refractivity contribution < 1.29 is 9.79 Å². The van der Waals surface area contributed by atoms with E-state index >= 15 is 0 Å². The van der Waals surface area contributed by atoms with Gasteiger partial charge in [-0.15, -0.1) is 0 Å². The van der Waals surface area contributed by atoms with Gasteiger partial charge in [0.25, 0.3) is 0 Å². The van der Waals surface area contributed by atoms with E-state index in [0.717, 1.165) is 25.7 Å². The van der Waals surface area contributed by atoms with E-state index in [-0.39, 0.29) is 0 Å². The summed E-state index contributed by atoms with van der Waals surface area (Å²) >= 11 is 4.74. The average molecular weight is 789 g/mol. The van der Waals surface area contributed by atoms with Gasteiger partial charge in [-0.05, 0) is 85.8 Å². The highest BCUT2D eigenvalue weighted by atomic mass is 32.9. The molecule has 2 aromatic rings. The largest absolute Gasteiger partial charge is 0.341 e. The Balaban J connectivity index is 2.46. The van der Waals surface area contributed by atoms with Gasteiger partial charge >= 0.3 is 0 Å². The van der Waals surface area contributed by atoms with Gasteiger partial charge in [-0.3, -0.25) is 0 Å². The zero-order chi connectivity index (χ0) is 38.4.